The van der Waals surface area contributed by atoms with Crippen molar-refractivity contribution >= 4 is 10.0 Å². The van der Waals surface area contributed by atoms with Crippen molar-refractivity contribution < 1.29 is 8.42 Å². The molecule has 1 saturated heterocycles. The molecule has 1 heterocycles. The van der Waals surface area contributed by atoms with Crippen molar-refractivity contribution in [2.75, 3.05) is 20.1 Å². The summed E-state index contributed by atoms with van der Waals surface area (Å²) in [5.41, 5.74) is 0.693. The molecular weight excluding hydrogens is 284 g/mol. The Morgan fingerprint density at radius 3 is 2.52 bits per heavy atom. The quantitative estimate of drug-likeness (QED) is 0.932. The smallest absolute Gasteiger partial charge is 0.243 e. The number of rotatable bonds is 3. The number of benzene rings is 1. The van der Waals surface area contributed by atoms with Crippen LogP contribution in [0.3, 0.4) is 0 Å². The molecule has 118 valence electrons. The molecule has 0 aromatic heterocycles. The summed E-state index contributed by atoms with van der Waals surface area (Å²) in [5, 5.41) is 3.20. The van der Waals surface area contributed by atoms with E-state index in [0.717, 1.165) is 18.4 Å². The van der Waals surface area contributed by atoms with Crippen LogP contribution in [-0.4, -0.2) is 38.9 Å². The molecule has 1 atom stereocenters. The Morgan fingerprint density at radius 2 is 1.90 bits per heavy atom. The van der Waals surface area contributed by atoms with Crippen molar-refractivity contribution in [3.8, 4) is 0 Å². The van der Waals surface area contributed by atoms with Gasteiger partial charge in [0.05, 0.1) is 4.90 Å². The Hall–Kier alpha value is -0.910. The minimum Gasteiger partial charge on any atom is -0.316 e. The molecule has 5 heteroatoms. The van der Waals surface area contributed by atoms with Gasteiger partial charge in [0.25, 0.3) is 0 Å². The fraction of sp³-hybridized carbons (Fsp3) is 0.625. The van der Waals surface area contributed by atoms with Crippen molar-refractivity contribution in [2.45, 2.75) is 50.0 Å². The van der Waals surface area contributed by atoms with Gasteiger partial charge in [-0.1, -0.05) is 39.0 Å². The van der Waals surface area contributed by atoms with Gasteiger partial charge in [-0.25, -0.2) is 8.42 Å². The first-order valence-corrected chi connectivity index (χ1v) is 8.98. The standard InChI is InChI=1S/C16H26N2O2S/c1-16(2,3)14-9-5-6-10-15(14)21(19,20)18-11-7-8-13(12-18)17-4/h5-6,9-10,13,17H,7-8,11-12H2,1-4H3. The minimum atomic E-state index is -3.43. The molecule has 1 aromatic rings. The lowest BCUT2D eigenvalue weighted by Crippen LogP contribution is -2.47. The van der Waals surface area contributed by atoms with Crippen LogP contribution in [0.4, 0.5) is 0 Å². The Balaban J connectivity index is 2.41. The number of nitrogens with one attached hydrogen (secondary N) is 1. The van der Waals surface area contributed by atoms with E-state index in [4.69, 9.17) is 0 Å². The molecule has 0 aliphatic carbocycles. The van der Waals surface area contributed by atoms with Gasteiger partial charge < -0.3 is 5.32 Å². The summed E-state index contributed by atoms with van der Waals surface area (Å²) < 4.78 is 27.7. The highest BCUT2D eigenvalue weighted by Gasteiger charge is 2.33. The van der Waals surface area contributed by atoms with Gasteiger partial charge in [0, 0.05) is 19.1 Å². The normalized spacial score (nSPS) is 21.4. The molecule has 2 rings (SSSR count). The van der Waals surface area contributed by atoms with Gasteiger partial charge in [-0.15, -0.1) is 0 Å². The molecule has 0 spiro atoms. The predicted octanol–water partition coefficient (Wildman–Crippen LogP) is 2.36. The van der Waals surface area contributed by atoms with Crippen LogP contribution < -0.4 is 5.32 Å². The first-order chi connectivity index (χ1) is 9.76. The molecule has 1 aliphatic rings. The average molecular weight is 310 g/mol. The summed E-state index contributed by atoms with van der Waals surface area (Å²) in [6.45, 7) is 7.31. The molecule has 0 saturated carbocycles. The number of likely N-dealkylation sites (N-methyl/N-ethyl adjacent to an activating group) is 1. The van der Waals surface area contributed by atoms with Gasteiger partial charge >= 0.3 is 0 Å². The van der Waals surface area contributed by atoms with Crippen LogP contribution in [0.15, 0.2) is 29.2 Å². The number of sulfonamides is 1. The fourth-order valence-corrected chi connectivity index (χ4v) is 4.77. The van der Waals surface area contributed by atoms with Crippen LogP contribution in [0.5, 0.6) is 0 Å². The van der Waals surface area contributed by atoms with Gasteiger partial charge in [-0.3, -0.25) is 0 Å². The maximum Gasteiger partial charge on any atom is 0.243 e. The summed E-state index contributed by atoms with van der Waals surface area (Å²) in [7, 11) is -1.53. The highest BCUT2D eigenvalue weighted by Crippen LogP contribution is 2.31. The molecule has 1 aliphatic heterocycles. The molecule has 1 N–H and O–H groups in total. The summed E-state index contributed by atoms with van der Waals surface area (Å²) in [4.78, 5) is 0.453. The Labute approximate surface area is 128 Å². The van der Waals surface area contributed by atoms with Crippen molar-refractivity contribution in [3.05, 3.63) is 29.8 Å². The third-order valence-corrected chi connectivity index (χ3v) is 6.03. The van der Waals surface area contributed by atoms with Crippen LogP contribution in [0.25, 0.3) is 0 Å². The fourth-order valence-electron chi connectivity index (χ4n) is 2.85. The van der Waals surface area contributed by atoms with Crippen LogP contribution in [0.2, 0.25) is 0 Å². The van der Waals surface area contributed by atoms with Gasteiger partial charge in [0.2, 0.25) is 10.0 Å². The third-order valence-electron chi connectivity index (χ3n) is 4.11. The first-order valence-electron chi connectivity index (χ1n) is 7.54. The highest BCUT2D eigenvalue weighted by atomic mass is 32.2. The molecule has 21 heavy (non-hydrogen) atoms. The van der Waals surface area contributed by atoms with E-state index in [1.807, 2.05) is 46.0 Å². The molecule has 1 aromatic carbocycles. The van der Waals surface area contributed by atoms with E-state index in [-0.39, 0.29) is 11.5 Å². The molecule has 4 nitrogen and oxygen atoms in total. The second-order valence-electron chi connectivity index (χ2n) is 6.74. The highest BCUT2D eigenvalue weighted by molar-refractivity contribution is 7.89. The number of piperidine rings is 1. The van der Waals surface area contributed by atoms with Crippen molar-refractivity contribution in [3.63, 3.8) is 0 Å². The molecule has 0 amide bonds. The summed E-state index contributed by atoms with van der Waals surface area (Å²) in [6.07, 6.45) is 1.94. The van der Waals surface area contributed by atoms with Gasteiger partial charge in [-0.05, 0) is 36.9 Å². The van der Waals surface area contributed by atoms with E-state index in [1.54, 1.807) is 10.4 Å². The van der Waals surface area contributed by atoms with E-state index < -0.39 is 10.0 Å². The summed E-state index contributed by atoms with van der Waals surface area (Å²) in [6, 6.07) is 7.62. The number of hydrogen-bond acceptors (Lipinski definition) is 3. The van der Waals surface area contributed by atoms with Crippen LogP contribution in [0, 0.1) is 0 Å². The second-order valence-corrected chi connectivity index (χ2v) is 8.64. The molecule has 0 radical (unpaired) electrons. The van der Waals surface area contributed by atoms with Crippen molar-refractivity contribution in [1.82, 2.24) is 9.62 Å². The zero-order valence-corrected chi connectivity index (χ0v) is 14.2. The van der Waals surface area contributed by atoms with Crippen LogP contribution >= 0.6 is 0 Å². The minimum absolute atomic E-state index is 0.193. The molecular formula is C16H26N2O2S. The van der Waals surface area contributed by atoms with Crippen LogP contribution in [0.1, 0.15) is 39.2 Å². The number of nitrogens with zero attached hydrogens (tertiary/aromatic N) is 1. The van der Waals surface area contributed by atoms with E-state index in [9.17, 15) is 8.42 Å². The van der Waals surface area contributed by atoms with Crippen molar-refractivity contribution in [1.29, 1.82) is 0 Å². The zero-order chi connectivity index (χ0) is 15.7. The molecule has 1 unspecified atom stereocenters. The van der Waals surface area contributed by atoms with Gasteiger partial charge in [0.1, 0.15) is 0 Å². The SMILES string of the molecule is CNC1CCCN(S(=O)(=O)c2ccccc2C(C)(C)C)C1. The molecule has 0 bridgehead atoms. The Bertz CT molecular complexity index is 591. The maximum atomic E-state index is 13.0. The predicted molar refractivity (Wildman–Crippen MR) is 86.0 cm³/mol. The lowest BCUT2D eigenvalue weighted by atomic mass is 9.87. The monoisotopic (exact) mass is 310 g/mol. The van der Waals surface area contributed by atoms with E-state index in [2.05, 4.69) is 5.32 Å². The van der Waals surface area contributed by atoms with Crippen molar-refractivity contribution in [2.24, 2.45) is 0 Å². The lowest BCUT2D eigenvalue weighted by Gasteiger charge is -2.33. The largest absolute Gasteiger partial charge is 0.316 e. The number of hydrogen-bond donors (Lipinski definition) is 1. The van der Waals surface area contributed by atoms with Crippen LogP contribution in [-0.2, 0) is 15.4 Å². The lowest BCUT2D eigenvalue weighted by molar-refractivity contribution is 0.292. The van der Waals surface area contributed by atoms with E-state index in [0.29, 0.717) is 18.0 Å². The van der Waals surface area contributed by atoms with Gasteiger partial charge in [0.15, 0.2) is 0 Å². The zero-order valence-electron chi connectivity index (χ0n) is 13.4. The second kappa shape index (κ2) is 6.07. The Morgan fingerprint density at radius 1 is 1.24 bits per heavy atom. The summed E-state index contributed by atoms with van der Waals surface area (Å²) in [5.74, 6) is 0. The topological polar surface area (TPSA) is 49.4 Å². The van der Waals surface area contributed by atoms with Gasteiger partial charge in [-0.2, -0.15) is 4.31 Å². The summed E-state index contributed by atoms with van der Waals surface area (Å²) >= 11 is 0. The molecule has 1 fully saturated rings. The average Bonchev–Trinajstić information content (AvgIpc) is 2.46. The van der Waals surface area contributed by atoms with E-state index in [1.165, 1.54) is 0 Å². The maximum absolute atomic E-state index is 13.0. The van der Waals surface area contributed by atoms with E-state index >= 15 is 0 Å². The first kappa shape index (κ1) is 16.5. The Kier molecular flexibility index (Phi) is 4.76. The third kappa shape index (κ3) is 3.47.